The molecule has 2 rings (SSSR count). The van der Waals surface area contributed by atoms with E-state index in [4.69, 9.17) is 16.3 Å². The molecule has 112 valence electrons. The largest absolute Gasteiger partial charge is 0.488 e. The molecule has 0 radical (unpaired) electrons. The van der Waals surface area contributed by atoms with Crippen LogP contribution in [-0.2, 0) is 6.54 Å². The Labute approximate surface area is 127 Å². The first kappa shape index (κ1) is 15.7. The fraction of sp³-hybridized carbons (Fsp3) is 0.647. The van der Waals surface area contributed by atoms with Crippen molar-refractivity contribution in [2.45, 2.75) is 58.6 Å². The third-order valence-corrected chi connectivity index (χ3v) is 4.54. The lowest BCUT2D eigenvalue weighted by Crippen LogP contribution is -2.30. The highest BCUT2D eigenvalue weighted by Gasteiger charge is 2.26. The van der Waals surface area contributed by atoms with Crippen molar-refractivity contribution in [3.05, 3.63) is 28.8 Å². The predicted octanol–water partition coefficient (Wildman–Crippen LogP) is 4.80. The van der Waals surface area contributed by atoms with Crippen molar-refractivity contribution in [3.8, 4) is 5.75 Å². The number of hydrogen-bond acceptors (Lipinski definition) is 2. The van der Waals surface area contributed by atoms with Gasteiger partial charge in [-0.1, -0.05) is 44.0 Å². The lowest BCUT2D eigenvalue weighted by atomic mass is 9.84. The summed E-state index contributed by atoms with van der Waals surface area (Å²) in [6.45, 7) is 6.14. The molecule has 20 heavy (non-hydrogen) atoms. The molecule has 1 aromatic carbocycles. The van der Waals surface area contributed by atoms with E-state index in [1.165, 1.54) is 31.2 Å². The normalized spacial score (nSPS) is 22.8. The zero-order valence-electron chi connectivity index (χ0n) is 12.6. The average Bonchev–Trinajstić information content (AvgIpc) is 2.48. The molecule has 1 fully saturated rings. The van der Waals surface area contributed by atoms with Crippen LogP contribution in [0.15, 0.2) is 18.2 Å². The monoisotopic (exact) mass is 295 g/mol. The number of rotatable bonds is 6. The predicted molar refractivity (Wildman–Crippen MR) is 85.5 cm³/mol. The van der Waals surface area contributed by atoms with Crippen molar-refractivity contribution in [2.24, 2.45) is 5.92 Å². The second kappa shape index (κ2) is 7.90. The Kier molecular flexibility index (Phi) is 6.18. The number of ether oxygens (including phenoxy) is 1. The van der Waals surface area contributed by atoms with Crippen LogP contribution in [0.4, 0.5) is 0 Å². The summed E-state index contributed by atoms with van der Waals surface area (Å²) in [6, 6.07) is 6.03. The molecule has 2 unspecified atom stereocenters. The summed E-state index contributed by atoms with van der Waals surface area (Å²) in [4.78, 5) is 0. The van der Waals surface area contributed by atoms with Crippen LogP contribution in [-0.4, -0.2) is 12.6 Å². The Morgan fingerprint density at radius 2 is 2.05 bits per heavy atom. The van der Waals surface area contributed by atoms with Crippen LogP contribution in [0.3, 0.4) is 0 Å². The number of para-hydroxylation sites is 1. The molecule has 0 heterocycles. The van der Waals surface area contributed by atoms with Crippen molar-refractivity contribution >= 4 is 11.6 Å². The molecule has 0 aromatic heterocycles. The van der Waals surface area contributed by atoms with Crippen LogP contribution in [0, 0.1) is 5.92 Å². The van der Waals surface area contributed by atoms with Crippen LogP contribution < -0.4 is 10.1 Å². The average molecular weight is 296 g/mol. The first-order valence-electron chi connectivity index (χ1n) is 7.91. The van der Waals surface area contributed by atoms with E-state index >= 15 is 0 Å². The molecule has 1 N–H and O–H groups in total. The summed E-state index contributed by atoms with van der Waals surface area (Å²) in [6.07, 6.45) is 6.57. The van der Waals surface area contributed by atoms with Crippen molar-refractivity contribution in [1.29, 1.82) is 0 Å². The van der Waals surface area contributed by atoms with Gasteiger partial charge >= 0.3 is 0 Å². The van der Waals surface area contributed by atoms with Gasteiger partial charge in [0.25, 0.3) is 0 Å². The number of benzene rings is 1. The second-order valence-electron chi connectivity index (χ2n) is 5.62. The Morgan fingerprint density at radius 1 is 1.25 bits per heavy atom. The third kappa shape index (κ3) is 3.89. The molecule has 1 aliphatic carbocycles. The maximum atomic E-state index is 6.37. The standard InChI is InChI=1S/C17H26ClNO/c1-3-13-8-5-6-11-16(13)20-17-14(12-19-4-2)9-7-10-15(17)18/h7,9-10,13,16,19H,3-6,8,11-12H2,1-2H3. The fourth-order valence-electron chi connectivity index (χ4n) is 3.03. The zero-order chi connectivity index (χ0) is 14.4. The lowest BCUT2D eigenvalue weighted by Gasteiger charge is -2.32. The first-order chi connectivity index (χ1) is 9.76. The van der Waals surface area contributed by atoms with E-state index in [0.717, 1.165) is 30.3 Å². The highest BCUT2D eigenvalue weighted by Crippen LogP contribution is 2.35. The van der Waals surface area contributed by atoms with Gasteiger partial charge in [0.1, 0.15) is 11.9 Å². The molecule has 1 aromatic rings. The molecule has 1 aliphatic rings. The third-order valence-electron chi connectivity index (χ3n) is 4.25. The van der Waals surface area contributed by atoms with Gasteiger partial charge in [0, 0.05) is 12.1 Å². The molecule has 0 saturated heterocycles. The summed E-state index contributed by atoms with van der Waals surface area (Å²) < 4.78 is 6.35. The highest BCUT2D eigenvalue weighted by molar-refractivity contribution is 6.32. The highest BCUT2D eigenvalue weighted by atomic mass is 35.5. The van der Waals surface area contributed by atoms with Gasteiger partial charge in [-0.3, -0.25) is 0 Å². The van der Waals surface area contributed by atoms with Crippen LogP contribution in [0.25, 0.3) is 0 Å². The summed E-state index contributed by atoms with van der Waals surface area (Å²) in [5, 5.41) is 4.09. The molecular weight excluding hydrogens is 270 g/mol. The maximum absolute atomic E-state index is 6.37. The van der Waals surface area contributed by atoms with E-state index in [2.05, 4.69) is 25.2 Å². The summed E-state index contributed by atoms with van der Waals surface area (Å²) in [5.41, 5.74) is 1.17. The number of halogens is 1. The minimum absolute atomic E-state index is 0.328. The van der Waals surface area contributed by atoms with Crippen molar-refractivity contribution in [2.75, 3.05) is 6.54 Å². The Morgan fingerprint density at radius 3 is 2.80 bits per heavy atom. The SMILES string of the molecule is CCNCc1cccc(Cl)c1OC1CCCCC1CC. The smallest absolute Gasteiger partial charge is 0.142 e. The molecule has 0 bridgehead atoms. The van der Waals surface area contributed by atoms with Crippen molar-refractivity contribution < 1.29 is 4.74 Å². The minimum Gasteiger partial charge on any atom is -0.488 e. The van der Waals surface area contributed by atoms with Gasteiger partial charge in [0.2, 0.25) is 0 Å². The van der Waals surface area contributed by atoms with Gasteiger partial charge in [-0.15, -0.1) is 0 Å². The zero-order valence-corrected chi connectivity index (χ0v) is 13.4. The number of hydrogen-bond donors (Lipinski definition) is 1. The van der Waals surface area contributed by atoms with Crippen molar-refractivity contribution in [1.82, 2.24) is 5.32 Å². The van der Waals surface area contributed by atoms with E-state index in [0.29, 0.717) is 12.0 Å². The van der Waals surface area contributed by atoms with Crippen LogP contribution in [0.1, 0.15) is 51.5 Å². The molecule has 0 aliphatic heterocycles. The summed E-state index contributed by atoms with van der Waals surface area (Å²) in [7, 11) is 0. The van der Waals surface area contributed by atoms with Crippen LogP contribution in [0.5, 0.6) is 5.75 Å². The maximum Gasteiger partial charge on any atom is 0.142 e. The Balaban J connectivity index is 2.14. The van der Waals surface area contributed by atoms with Crippen LogP contribution >= 0.6 is 11.6 Å². The quantitative estimate of drug-likeness (QED) is 0.814. The van der Waals surface area contributed by atoms with E-state index < -0.39 is 0 Å². The Bertz CT molecular complexity index is 421. The fourth-order valence-corrected chi connectivity index (χ4v) is 3.27. The van der Waals surface area contributed by atoms with Gasteiger partial charge in [0.15, 0.2) is 0 Å². The summed E-state index contributed by atoms with van der Waals surface area (Å²) in [5.74, 6) is 1.56. The Hall–Kier alpha value is -0.730. The topological polar surface area (TPSA) is 21.3 Å². The molecule has 0 amide bonds. The van der Waals surface area contributed by atoms with E-state index in [9.17, 15) is 0 Å². The van der Waals surface area contributed by atoms with Crippen LogP contribution in [0.2, 0.25) is 5.02 Å². The van der Waals surface area contributed by atoms with Gasteiger partial charge in [0.05, 0.1) is 5.02 Å². The summed E-state index contributed by atoms with van der Waals surface area (Å²) >= 11 is 6.37. The lowest BCUT2D eigenvalue weighted by molar-refractivity contribution is 0.0894. The van der Waals surface area contributed by atoms with E-state index in [1.807, 2.05) is 12.1 Å². The van der Waals surface area contributed by atoms with Gasteiger partial charge in [-0.05, 0) is 44.2 Å². The van der Waals surface area contributed by atoms with E-state index in [-0.39, 0.29) is 0 Å². The van der Waals surface area contributed by atoms with Gasteiger partial charge < -0.3 is 10.1 Å². The number of nitrogens with one attached hydrogen (secondary N) is 1. The first-order valence-corrected chi connectivity index (χ1v) is 8.28. The second-order valence-corrected chi connectivity index (χ2v) is 6.02. The van der Waals surface area contributed by atoms with Gasteiger partial charge in [-0.25, -0.2) is 0 Å². The van der Waals surface area contributed by atoms with Crippen molar-refractivity contribution in [3.63, 3.8) is 0 Å². The molecular formula is C17H26ClNO. The van der Waals surface area contributed by atoms with Gasteiger partial charge in [-0.2, -0.15) is 0 Å². The minimum atomic E-state index is 0.328. The molecule has 1 saturated carbocycles. The van der Waals surface area contributed by atoms with E-state index in [1.54, 1.807) is 0 Å². The molecule has 2 nitrogen and oxygen atoms in total. The molecule has 0 spiro atoms. The molecule has 2 atom stereocenters. The molecule has 3 heteroatoms.